The highest BCUT2D eigenvalue weighted by atomic mass is 35.5. The van der Waals surface area contributed by atoms with Gasteiger partial charge in [0.25, 0.3) is 17.4 Å². The Kier molecular flexibility index (Phi) is 9.29. The minimum absolute atomic E-state index is 0.0305. The van der Waals surface area contributed by atoms with Crippen LogP contribution in [0.3, 0.4) is 0 Å². The first-order chi connectivity index (χ1) is 26.5. The van der Waals surface area contributed by atoms with Crippen LogP contribution < -0.4 is 15.8 Å². The number of amides is 2. The molecule has 1 saturated carbocycles. The molecule has 4 aliphatic rings. The van der Waals surface area contributed by atoms with Crippen LogP contribution in [0.15, 0.2) is 35.4 Å². The average molecular weight is 803 g/mol. The Balaban J connectivity index is 1.14. The summed E-state index contributed by atoms with van der Waals surface area (Å²) in [5, 5.41) is 17.4. The normalized spacial score (nSPS) is 21.5. The largest absolute Gasteiger partial charge is 0.504 e. The van der Waals surface area contributed by atoms with Crippen LogP contribution in [0.2, 0.25) is 5.02 Å². The van der Waals surface area contributed by atoms with Gasteiger partial charge < -0.3 is 20.2 Å². The van der Waals surface area contributed by atoms with Gasteiger partial charge in [0.2, 0.25) is 11.7 Å². The predicted molar refractivity (Wildman–Crippen MR) is 193 cm³/mol. The van der Waals surface area contributed by atoms with Gasteiger partial charge in [-0.2, -0.15) is 22.7 Å². The molecule has 0 bridgehead atoms. The Morgan fingerprint density at radius 2 is 1.80 bits per heavy atom. The van der Waals surface area contributed by atoms with Crippen LogP contribution in [0.4, 0.5) is 33.3 Å². The summed E-state index contributed by atoms with van der Waals surface area (Å²) in [4.78, 5) is 59.8. The zero-order valence-electron chi connectivity index (χ0n) is 30.2. The highest BCUT2D eigenvalue weighted by Gasteiger charge is 2.48. The highest BCUT2D eigenvalue weighted by molar-refractivity contribution is 6.33. The van der Waals surface area contributed by atoms with Crippen LogP contribution in [0, 0.1) is 6.92 Å². The van der Waals surface area contributed by atoms with Gasteiger partial charge in [0.15, 0.2) is 17.3 Å². The van der Waals surface area contributed by atoms with E-state index in [1.807, 2.05) is 22.8 Å². The van der Waals surface area contributed by atoms with Crippen LogP contribution in [-0.2, 0) is 11.0 Å². The molecule has 0 unspecified atom stereocenters. The molecule has 0 radical (unpaired) electrons. The SMILES string of the molecule is Cc1ncnc(C(=O)N2CCN(c3c4n(c5nc(C6=CCN(C7CC(F)(F)C7)CC6)nn5c3=O)[C@H](C(=O)Nc3ccc(C(F)(F)F)cc3Cl)C[C@H]4C)CC2)c1O. The average Bonchev–Trinajstić information content (AvgIpc) is 3.74. The fourth-order valence-electron chi connectivity index (χ4n) is 8.04. The number of fused-ring (bicyclic) bond motifs is 3. The minimum atomic E-state index is -4.64. The van der Waals surface area contributed by atoms with Crippen LogP contribution in [0.5, 0.6) is 5.75 Å². The quantitative estimate of drug-likeness (QED) is 0.258. The maximum absolute atomic E-state index is 14.5. The van der Waals surface area contributed by atoms with Crippen molar-refractivity contribution in [3.05, 3.63) is 74.4 Å². The Morgan fingerprint density at radius 1 is 1.07 bits per heavy atom. The molecule has 2 atom stereocenters. The van der Waals surface area contributed by atoms with Crippen LogP contribution in [0.1, 0.15) is 77.8 Å². The summed E-state index contributed by atoms with van der Waals surface area (Å²) in [6.45, 7) is 5.05. The van der Waals surface area contributed by atoms with Gasteiger partial charge in [-0.25, -0.2) is 18.7 Å². The summed E-state index contributed by atoms with van der Waals surface area (Å²) >= 11 is 6.20. The number of aromatic hydroxyl groups is 1. The van der Waals surface area contributed by atoms with E-state index in [1.54, 1.807) is 11.5 Å². The minimum Gasteiger partial charge on any atom is -0.504 e. The van der Waals surface area contributed by atoms with Gasteiger partial charge in [0.05, 0.1) is 27.7 Å². The first-order valence-electron chi connectivity index (χ1n) is 18.1. The van der Waals surface area contributed by atoms with E-state index in [2.05, 4.69) is 20.4 Å². The van der Waals surface area contributed by atoms with E-state index in [9.17, 15) is 41.4 Å². The fraction of sp³-hybridized carbons (Fsp3) is 0.472. The van der Waals surface area contributed by atoms with Gasteiger partial charge in [-0.05, 0) is 43.5 Å². The number of carbonyl (C=O) groups excluding carboxylic acids is 2. The maximum Gasteiger partial charge on any atom is 0.416 e. The number of nitrogens with one attached hydrogen (secondary N) is 1. The van der Waals surface area contributed by atoms with Crippen molar-refractivity contribution in [1.29, 1.82) is 0 Å². The highest BCUT2D eigenvalue weighted by Crippen LogP contribution is 2.44. The van der Waals surface area contributed by atoms with Gasteiger partial charge in [-0.1, -0.05) is 24.6 Å². The number of halogens is 6. The van der Waals surface area contributed by atoms with E-state index in [4.69, 9.17) is 16.6 Å². The van der Waals surface area contributed by atoms with E-state index in [0.29, 0.717) is 30.8 Å². The molecule has 0 spiro atoms. The number of benzene rings is 1. The molecule has 56 heavy (non-hydrogen) atoms. The summed E-state index contributed by atoms with van der Waals surface area (Å²) in [6.07, 6.45) is -1.34. The number of alkyl halides is 5. The topological polar surface area (TPSA) is 154 Å². The molecule has 2 amide bonds. The number of carbonyl (C=O) groups is 2. The number of aromatic nitrogens is 6. The third kappa shape index (κ3) is 6.63. The Labute approximate surface area is 320 Å². The first-order valence-corrected chi connectivity index (χ1v) is 18.5. The third-order valence-electron chi connectivity index (χ3n) is 11.1. The molecule has 2 N–H and O–H groups in total. The molecule has 3 aliphatic heterocycles. The molecular formula is C36H36ClF5N10O4. The zero-order chi connectivity index (χ0) is 39.8. The Hall–Kier alpha value is -5.17. The van der Waals surface area contributed by atoms with Crippen molar-refractivity contribution in [3.63, 3.8) is 0 Å². The van der Waals surface area contributed by atoms with Crippen LogP contribution in [-0.4, -0.2) is 107 Å². The van der Waals surface area contributed by atoms with Crippen molar-refractivity contribution in [2.75, 3.05) is 49.5 Å². The summed E-state index contributed by atoms with van der Waals surface area (Å²) in [7, 11) is 0. The Morgan fingerprint density at radius 3 is 2.45 bits per heavy atom. The number of hydrogen-bond acceptors (Lipinski definition) is 10. The second kappa shape index (κ2) is 13.8. The van der Waals surface area contributed by atoms with Crippen LogP contribution >= 0.6 is 11.6 Å². The van der Waals surface area contributed by atoms with Crippen LogP contribution in [0.25, 0.3) is 11.4 Å². The van der Waals surface area contributed by atoms with Gasteiger partial charge in [-0.15, -0.1) is 5.10 Å². The summed E-state index contributed by atoms with van der Waals surface area (Å²) in [5.74, 6) is -4.13. The van der Waals surface area contributed by atoms with Gasteiger partial charge in [0.1, 0.15) is 18.1 Å². The third-order valence-corrected chi connectivity index (χ3v) is 11.4. The van der Waals surface area contributed by atoms with Crippen molar-refractivity contribution >= 4 is 46.1 Å². The molecule has 2 fully saturated rings. The van der Waals surface area contributed by atoms with Crippen molar-refractivity contribution in [2.45, 2.75) is 69.6 Å². The Bertz CT molecular complexity index is 2350. The summed E-state index contributed by atoms with van der Waals surface area (Å²) in [6, 6.07) is 1.42. The molecule has 20 heteroatoms. The van der Waals surface area contributed by atoms with Crippen molar-refractivity contribution in [2.24, 2.45) is 0 Å². The van der Waals surface area contributed by atoms with E-state index < -0.39 is 41.1 Å². The molecule has 3 aromatic heterocycles. The van der Waals surface area contributed by atoms with E-state index in [1.165, 1.54) is 11.2 Å². The molecule has 1 saturated heterocycles. The lowest BCUT2D eigenvalue weighted by molar-refractivity contribution is -0.137. The molecule has 1 aliphatic carbocycles. The first kappa shape index (κ1) is 37.7. The van der Waals surface area contributed by atoms with Crippen molar-refractivity contribution in [1.82, 2.24) is 38.9 Å². The number of rotatable bonds is 6. The zero-order valence-corrected chi connectivity index (χ0v) is 30.9. The lowest BCUT2D eigenvalue weighted by atomic mass is 9.86. The standard InChI is InChI=1S/C36H36ClF5N10O4/c1-18-13-25(31(54)45-24-4-3-21(14-23(24)37)36(40,41)42)51-27(18)28(49-9-11-50(12-10-49)32(55)26-29(53)19(2)43-17-44-26)33(56)52-34(51)46-30(47-52)20-5-7-48(8-6-20)22-15-35(38,39)16-22/h3-5,14,17-18,22,25,53H,6-13,15-16H2,1-2H3,(H,45,54)/t18-,25+/m1/s1. The second-order valence-corrected chi connectivity index (χ2v) is 15.1. The maximum atomic E-state index is 14.5. The van der Waals surface area contributed by atoms with E-state index in [0.717, 1.165) is 22.7 Å². The molecule has 296 valence electrons. The van der Waals surface area contributed by atoms with Gasteiger partial charge >= 0.3 is 6.18 Å². The smallest absolute Gasteiger partial charge is 0.416 e. The number of anilines is 2. The summed E-state index contributed by atoms with van der Waals surface area (Å²) in [5.41, 5.74) is 0.0834. The van der Waals surface area contributed by atoms with Crippen molar-refractivity contribution < 1.29 is 36.6 Å². The molecule has 14 nitrogen and oxygen atoms in total. The molecule has 8 rings (SSSR count). The van der Waals surface area contributed by atoms with Gasteiger partial charge in [0, 0.05) is 64.1 Å². The molecule has 6 heterocycles. The van der Waals surface area contributed by atoms with Crippen molar-refractivity contribution in [3.8, 4) is 5.75 Å². The van der Waals surface area contributed by atoms with Gasteiger partial charge in [-0.3, -0.25) is 23.9 Å². The lowest BCUT2D eigenvalue weighted by Crippen LogP contribution is -2.51. The monoisotopic (exact) mass is 802 g/mol. The molecule has 4 aromatic rings. The number of hydrogen-bond donors (Lipinski definition) is 2. The number of piperazine rings is 1. The second-order valence-electron chi connectivity index (χ2n) is 14.7. The lowest BCUT2D eigenvalue weighted by Gasteiger charge is -2.43. The summed E-state index contributed by atoms with van der Waals surface area (Å²) < 4.78 is 69.9. The van der Waals surface area contributed by atoms with E-state index >= 15 is 0 Å². The number of aryl methyl sites for hydroxylation is 1. The molecule has 1 aromatic carbocycles. The number of nitrogens with zero attached hydrogens (tertiary/aromatic N) is 9. The fourth-order valence-corrected chi connectivity index (χ4v) is 8.27. The predicted octanol–water partition coefficient (Wildman–Crippen LogP) is 4.90. The van der Waals surface area contributed by atoms with E-state index in [-0.39, 0.29) is 103 Å². The molecular weight excluding hydrogens is 767 g/mol.